The summed E-state index contributed by atoms with van der Waals surface area (Å²) in [6, 6.07) is 17.6. The molecule has 102 valence electrons. The molecule has 2 rings (SSSR count). The Labute approximate surface area is 124 Å². The van der Waals surface area contributed by atoms with Crippen LogP contribution in [0.5, 0.6) is 0 Å². The Morgan fingerprint density at radius 3 is 2.45 bits per heavy atom. The van der Waals surface area contributed by atoms with Gasteiger partial charge in [0.15, 0.2) is 5.11 Å². The number of hydrogen-bond acceptors (Lipinski definition) is 2. The summed E-state index contributed by atoms with van der Waals surface area (Å²) in [5.74, 6) is 0. The van der Waals surface area contributed by atoms with Gasteiger partial charge in [0, 0.05) is 11.4 Å². The first-order valence-corrected chi connectivity index (χ1v) is 6.69. The van der Waals surface area contributed by atoms with Crippen LogP contribution in [-0.2, 0) is 0 Å². The van der Waals surface area contributed by atoms with Crippen molar-refractivity contribution in [1.82, 2.24) is 0 Å². The van der Waals surface area contributed by atoms with E-state index in [-0.39, 0.29) is 6.61 Å². The molecule has 0 aliphatic heterocycles. The third kappa shape index (κ3) is 4.50. The standard InChI is InChI=1S/C16H16N2OS/c19-11-5-7-13-6-4-10-15(12-13)18-16(20)17-14-8-2-1-3-9-14/h1-10,12,19H,11H2,(H2,17,18,20). The second-order valence-corrected chi connectivity index (χ2v) is 4.56. The molecule has 0 saturated heterocycles. The quantitative estimate of drug-likeness (QED) is 0.752. The van der Waals surface area contributed by atoms with Crippen LogP contribution < -0.4 is 10.6 Å². The maximum Gasteiger partial charge on any atom is 0.175 e. The van der Waals surface area contributed by atoms with Gasteiger partial charge in [0.25, 0.3) is 0 Å². The van der Waals surface area contributed by atoms with Gasteiger partial charge < -0.3 is 15.7 Å². The van der Waals surface area contributed by atoms with Crippen LogP contribution in [0.3, 0.4) is 0 Å². The van der Waals surface area contributed by atoms with E-state index in [2.05, 4.69) is 10.6 Å². The maximum absolute atomic E-state index is 8.77. The van der Waals surface area contributed by atoms with E-state index < -0.39 is 0 Å². The van der Waals surface area contributed by atoms with Gasteiger partial charge in [-0.1, -0.05) is 42.5 Å². The molecule has 0 radical (unpaired) electrons. The molecule has 3 N–H and O–H groups in total. The molecule has 20 heavy (non-hydrogen) atoms. The zero-order valence-electron chi connectivity index (χ0n) is 10.9. The van der Waals surface area contributed by atoms with Crippen LogP contribution in [0.1, 0.15) is 5.56 Å². The van der Waals surface area contributed by atoms with Crippen LogP contribution in [0, 0.1) is 0 Å². The normalized spacial score (nSPS) is 10.4. The summed E-state index contributed by atoms with van der Waals surface area (Å²) >= 11 is 5.27. The Balaban J connectivity index is 1.99. The molecular weight excluding hydrogens is 268 g/mol. The second-order valence-electron chi connectivity index (χ2n) is 4.16. The molecule has 0 unspecified atom stereocenters. The molecule has 0 aliphatic rings. The summed E-state index contributed by atoms with van der Waals surface area (Å²) in [4.78, 5) is 0. The third-order valence-electron chi connectivity index (χ3n) is 2.59. The molecule has 0 spiro atoms. The van der Waals surface area contributed by atoms with E-state index in [1.165, 1.54) is 0 Å². The van der Waals surface area contributed by atoms with Crippen molar-refractivity contribution in [2.75, 3.05) is 17.2 Å². The predicted molar refractivity (Wildman–Crippen MR) is 88.8 cm³/mol. The van der Waals surface area contributed by atoms with Gasteiger partial charge in [-0.3, -0.25) is 0 Å². The average molecular weight is 284 g/mol. The van der Waals surface area contributed by atoms with Crippen LogP contribution >= 0.6 is 12.2 Å². The van der Waals surface area contributed by atoms with Gasteiger partial charge in [0.05, 0.1) is 6.61 Å². The monoisotopic (exact) mass is 284 g/mol. The van der Waals surface area contributed by atoms with E-state index in [4.69, 9.17) is 17.3 Å². The molecule has 0 aromatic heterocycles. The number of aliphatic hydroxyl groups is 1. The molecule has 0 heterocycles. The Morgan fingerprint density at radius 2 is 1.70 bits per heavy atom. The number of benzene rings is 2. The molecule has 2 aromatic carbocycles. The summed E-state index contributed by atoms with van der Waals surface area (Å²) < 4.78 is 0. The number of aliphatic hydroxyl groups excluding tert-OH is 1. The minimum atomic E-state index is 0.0334. The summed E-state index contributed by atoms with van der Waals surface area (Å²) in [7, 11) is 0. The zero-order chi connectivity index (χ0) is 14.2. The highest BCUT2D eigenvalue weighted by atomic mass is 32.1. The van der Waals surface area contributed by atoms with Crippen molar-refractivity contribution >= 4 is 34.8 Å². The zero-order valence-corrected chi connectivity index (χ0v) is 11.7. The van der Waals surface area contributed by atoms with E-state index in [1.54, 1.807) is 6.08 Å². The Bertz CT molecular complexity index is 596. The minimum absolute atomic E-state index is 0.0334. The highest BCUT2D eigenvalue weighted by molar-refractivity contribution is 7.80. The first-order valence-electron chi connectivity index (χ1n) is 6.28. The SMILES string of the molecule is OCC=Cc1cccc(NC(=S)Nc2ccccc2)c1. The lowest BCUT2D eigenvalue weighted by molar-refractivity contribution is 0.343. The van der Waals surface area contributed by atoms with E-state index in [9.17, 15) is 0 Å². The summed E-state index contributed by atoms with van der Waals surface area (Å²) in [5, 5.41) is 15.6. The van der Waals surface area contributed by atoms with Gasteiger partial charge >= 0.3 is 0 Å². The number of rotatable bonds is 4. The number of hydrogen-bond donors (Lipinski definition) is 3. The maximum atomic E-state index is 8.77. The van der Waals surface area contributed by atoms with E-state index in [1.807, 2.05) is 60.7 Å². The fourth-order valence-electron chi connectivity index (χ4n) is 1.72. The van der Waals surface area contributed by atoms with Crippen molar-refractivity contribution in [2.45, 2.75) is 0 Å². The number of para-hydroxylation sites is 1. The fourth-order valence-corrected chi connectivity index (χ4v) is 1.96. The van der Waals surface area contributed by atoms with Gasteiger partial charge in [-0.15, -0.1) is 0 Å². The average Bonchev–Trinajstić information content (AvgIpc) is 2.46. The molecule has 0 bridgehead atoms. The molecule has 4 heteroatoms. The molecule has 0 atom stereocenters. The fraction of sp³-hybridized carbons (Fsp3) is 0.0625. The summed E-state index contributed by atoms with van der Waals surface area (Å²) in [6.07, 6.45) is 3.55. The van der Waals surface area contributed by atoms with Gasteiger partial charge in [0.2, 0.25) is 0 Å². The van der Waals surface area contributed by atoms with Crippen LogP contribution in [0.25, 0.3) is 6.08 Å². The molecule has 0 amide bonds. The molecule has 2 aromatic rings. The topological polar surface area (TPSA) is 44.3 Å². The first kappa shape index (κ1) is 14.2. The van der Waals surface area contributed by atoms with Crippen LogP contribution in [-0.4, -0.2) is 16.8 Å². The lowest BCUT2D eigenvalue weighted by atomic mass is 10.2. The van der Waals surface area contributed by atoms with E-state index in [0.717, 1.165) is 16.9 Å². The van der Waals surface area contributed by atoms with E-state index >= 15 is 0 Å². The Hall–Kier alpha value is -2.17. The van der Waals surface area contributed by atoms with Gasteiger partial charge in [-0.05, 0) is 42.0 Å². The predicted octanol–water partition coefficient (Wildman–Crippen LogP) is 3.50. The van der Waals surface area contributed by atoms with Crippen LogP contribution in [0.15, 0.2) is 60.7 Å². The van der Waals surface area contributed by atoms with Gasteiger partial charge in [-0.25, -0.2) is 0 Å². The molecule has 0 saturated carbocycles. The molecular formula is C16H16N2OS. The second kappa shape index (κ2) is 7.43. The lowest BCUT2D eigenvalue weighted by Gasteiger charge is -2.10. The van der Waals surface area contributed by atoms with Crippen molar-refractivity contribution in [3.05, 3.63) is 66.2 Å². The molecule has 3 nitrogen and oxygen atoms in total. The van der Waals surface area contributed by atoms with Crippen molar-refractivity contribution in [3.63, 3.8) is 0 Å². The van der Waals surface area contributed by atoms with Crippen molar-refractivity contribution in [2.24, 2.45) is 0 Å². The lowest BCUT2D eigenvalue weighted by Crippen LogP contribution is -2.18. The summed E-state index contributed by atoms with van der Waals surface area (Å²) in [6.45, 7) is 0.0334. The summed E-state index contributed by atoms with van der Waals surface area (Å²) in [5.41, 5.74) is 2.85. The largest absolute Gasteiger partial charge is 0.392 e. The van der Waals surface area contributed by atoms with Crippen LogP contribution in [0.4, 0.5) is 11.4 Å². The number of anilines is 2. The van der Waals surface area contributed by atoms with Gasteiger partial charge in [-0.2, -0.15) is 0 Å². The van der Waals surface area contributed by atoms with Crippen molar-refractivity contribution in [1.29, 1.82) is 0 Å². The number of nitrogens with one attached hydrogen (secondary N) is 2. The highest BCUT2D eigenvalue weighted by Crippen LogP contribution is 2.13. The first-order chi connectivity index (χ1) is 9.78. The third-order valence-corrected chi connectivity index (χ3v) is 2.80. The molecule has 0 aliphatic carbocycles. The van der Waals surface area contributed by atoms with Crippen molar-refractivity contribution in [3.8, 4) is 0 Å². The smallest absolute Gasteiger partial charge is 0.175 e. The Morgan fingerprint density at radius 1 is 1.00 bits per heavy atom. The van der Waals surface area contributed by atoms with Gasteiger partial charge in [0.1, 0.15) is 0 Å². The van der Waals surface area contributed by atoms with Crippen LogP contribution in [0.2, 0.25) is 0 Å². The molecule has 0 fully saturated rings. The van der Waals surface area contributed by atoms with E-state index in [0.29, 0.717) is 5.11 Å². The number of thiocarbonyl (C=S) groups is 1. The van der Waals surface area contributed by atoms with Crippen molar-refractivity contribution < 1.29 is 5.11 Å². The Kier molecular flexibility index (Phi) is 5.29. The minimum Gasteiger partial charge on any atom is -0.392 e. The highest BCUT2D eigenvalue weighted by Gasteiger charge is 1.98.